The van der Waals surface area contributed by atoms with Crippen LogP contribution < -0.4 is 4.98 Å². The summed E-state index contributed by atoms with van der Waals surface area (Å²) in [6.45, 7) is 11.5. The van der Waals surface area contributed by atoms with Crippen molar-refractivity contribution in [2.45, 2.75) is 46.0 Å². The molecule has 0 saturated carbocycles. The van der Waals surface area contributed by atoms with E-state index in [1.807, 2.05) is 18.3 Å². The van der Waals surface area contributed by atoms with Crippen molar-refractivity contribution in [2.75, 3.05) is 0 Å². The van der Waals surface area contributed by atoms with Gasteiger partial charge in [0.2, 0.25) is 0 Å². The molecule has 10 rings (SSSR count). The third-order valence-corrected chi connectivity index (χ3v) is 10.8. The summed E-state index contributed by atoms with van der Waals surface area (Å²) in [5.74, 6) is 2.12. The number of aromatic nitrogens is 5. The molecule has 0 amide bonds. The molecule has 6 aromatic carbocycles. The molecule has 0 aliphatic heterocycles. The van der Waals surface area contributed by atoms with Gasteiger partial charge in [0.1, 0.15) is 11.6 Å². The van der Waals surface area contributed by atoms with E-state index in [2.05, 4.69) is 171 Å². The molecule has 0 radical (unpaired) electrons. The number of hydrogen-bond donors (Lipinski definition) is 0. The first kappa shape index (κ1) is 35.0. The van der Waals surface area contributed by atoms with E-state index >= 15 is 0 Å². The van der Waals surface area contributed by atoms with Crippen molar-refractivity contribution < 1.29 is 21.1 Å². The molecule has 4 heterocycles. The monoisotopic (exact) mass is 892 g/mol. The third kappa shape index (κ3) is 5.55. The Hall–Kier alpha value is -5.77. The van der Waals surface area contributed by atoms with E-state index in [-0.39, 0.29) is 26.5 Å². The van der Waals surface area contributed by atoms with Crippen LogP contribution in [0.15, 0.2) is 140 Å². The smallest absolute Gasteiger partial charge is 0.656 e. The molecule has 0 N–H and O–H groups in total. The van der Waals surface area contributed by atoms with Crippen LogP contribution in [0.5, 0.6) is 0 Å². The molecule has 0 saturated heterocycles. The molecule has 0 aliphatic rings. The van der Waals surface area contributed by atoms with Gasteiger partial charge in [-0.2, -0.15) is 0 Å². The molecule has 10 aromatic rings. The minimum Gasteiger partial charge on any atom is -0.656 e. The average molecular weight is 893 g/mol. The molecule has 55 heavy (non-hydrogen) atoms. The number of rotatable bonds is 5. The number of fused-ring (bicyclic) bond motifs is 7. The molecule has 0 fully saturated rings. The van der Waals surface area contributed by atoms with Gasteiger partial charge in [0.15, 0.2) is 0 Å². The van der Waals surface area contributed by atoms with Gasteiger partial charge >= 0.3 is 21.1 Å². The van der Waals surface area contributed by atoms with Crippen LogP contribution in [0.3, 0.4) is 0 Å². The van der Waals surface area contributed by atoms with Gasteiger partial charge in [-0.15, -0.1) is 34.8 Å². The summed E-state index contributed by atoms with van der Waals surface area (Å²) in [5, 5.41) is 4.65. The fraction of sp³-hybridized carbons (Fsp3) is 0.143. The first-order valence-electron chi connectivity index (χ1n) is 18.7. The largest absolute Gasteiger partial charge is 2.00 e. The minimum atomic E-state index is -0.0199. The molecule has 0 unspecified atom stereocenters. The Bertz CT molecular complexity index is 3050. The van der Waals surface area contributed by atoms with Crippen LogP contribution in [0.1, 0.15) is 51.7 Å². The molecule has 5 nitrogen and oxygen atoms in total. The molecular formula is C49H39N5Pt. The third-order valence-electron chi connectivity index (χ3n) is 10.8. The molecule has 0 aliphatic carbocycles. The van der Waals surface area contributed by atoms with Gasteiger partial charge in [-0.25, -0.2) is 9.97 Å². The van der Waals surface area contributed by atoms with E-state index in [1.165, 1.54) is 16.5 Å². The molecule has 6 heteroatoms. The number of pyridine rings is 1. The Kier molecular flexibility index (Phi) is 8.40. The summed E-state index contributed by atoms with van der Waals surface area (Å²) in [5.41, 5.74) is 12.8. The second-order valence-corrected chi connectivity index (χ2v) is 15.6. The summed E-state index contributed by atoms with van der Waals surface area (Å²) in [6.07, 6.45) is 1.87. The molecule has 0 bridgehead atoms. The zero-order chi connectivity index (χ0) is 36.7. The predicted octanol–water partition coefficient (Wildman–Crippen LogP) is 12.3. The van der Waals surface area contributed by atoms with Gasteiger partial charge in [0.05, 0.1) is 11.0 Å². The zero-order valence-electron chi connectivity index (χ0n) is 31.4. The van der Waals surface area contributed by atoms with E-state index in [0.717, 1.165) is 83.3 Å². The van der Waals surface area contributed by atoms with Gasteiger partial charge in [-0.05, 0) is 80.5 Å². The molecule has 270 valence electrons. The molecule has 0 atom stereocenters. The maximum absolute atomic E-state index is 5.51. The van der Waals surface area contributed by atoms with Crippen molar-refractivity contribution in [1.29, 1.82) is 0 Å². The quantitative estimate of drug-likeness (QED) is 0.162. The van der Waals surface area contributed by atoms with Crippen molar-refractivity contribution in [2.24, 2.45) is 0 Å². The van der Waals surface area contributed by atoms with Crippen molar-refractivity contribution >= 4 is 54.6 Å². The van der Waals surface area contributed by atoms with Crippen LogP contribution in [-0.4, -0.2) is 19.1 Å². The average Bonchev–Trinajstić information content (AvgIpc) is 3.87. The van der Waals surface area contributed by atoms with E-state index in [9.17, 15) is 0 Å². The predicted molar refractivity (Wildman–Crippen MR) is 224 cm³/mol. The van der Waals surface area contributed by atoms with Crippen LogP contribution in [0.4, 0.5) is 0 Å². The standard InChI is InChI=1S/C49H39N5.Pt/c1-30(2)38-28-39-35-25-24-31(27-43(35)54(45-23-11-12-26-50-45)44(39)29-40(38)49(3,4)5)33-18-14-22-42-47(33)52-48(53(42)32-15-7-6-8-16-32)37-20-13-19-36-34-17-9-10-21-41(34)51-46(36)37;/h6-26,28-30H,1-5H3;/q-2;+2. The summed E-state index contributed by atoms with van der Waals surface area (Å²) in [7, 11) is 0. The van der Waals surface area contributed by atoms with E-state index in [0.29, 0.717) is 5.92 Å². The first-order valence-corrected chi connectivity index (χ1v) is 18.7. The Balaban J connectivity index is 0.00000397. The maximum Gasteiger partial charge on any atom is 2.00 e. The van der Waals surface area contributed by atoms with Crippen molar-refractivity contribution in [3.63, 3.8) is 0 Å². The van der Waals surface area contributed by atoms with Crippen molar-refractivity contribution in [3.05, 3.63) is 157 Å². The van der Waals surface area contributed by atoms with E-state index in [1.54, 1.807) is 0 Å². The second-order valence-electron chi connectivity index (χ2n) is 15.6. The molecular weight excluding hydrogens is 854 g/mol. The van der Waals surface area contributed by atoms with Crippen molar-refractivity contribution in [3.8, 4) is 34.0 Å². The van der Waals surface area contributed by atoms with Gasteiger partial charge < -0.3 is 9.55 Å². The van der Waals surface area contributed by atoms with Crippen LogP contribution in [0.25, 0.3) is 88.7 Å². The Labute approximate surface area is 334 Å². The Morgan fingerprint density at radius 3 is 2.18 bits per heavy atom. The molecule has 4 aromatic heterocycles. The van der Waals surface area contributed by atoms with Crippen molar-refractivity contribution in [1.82, 2.24) is 24.1 Å². The number of hydrogen-bond acceptors (Lipinski definition) is 2. The normalized spacial score (nSPS) is 12.1. The Morgan fingerprint density at radius 2 is 1.40 bits per heavy atom. The number of benzene rings is 6. The fourth-order valence-electron chi connectivity index (χ4n) is 8.33. The number of nitrogens with zero attached hydrogens (tertiary/aromatic N) is 5. The SMILES string of the molecule is CC(C)c1cc2c3ccc(-c4cccc5c4nc(-c4cccc6c4[n-]c4ccccc46)n5-c4ccccc4)[c-]c3n(-c3ccccn3)c2cc1C(C)(C)C.[Pt+2]. The summed E-state index contributed by atoms with van der Waals surface area (Å²) >= 11 is 0. The first-order chi connectivity index (χ1) is 26.3. The van der Waals surface area contributed by atoms with Crippen LogP contribution >= 0.6 is 0 Å². The minimum absolute atomic E-state index is 0. The van der Waals surface area contributed by atoms with Gasteiger partial charge in [-0.1, -0.05) is 130 Å². The van der Waals surface area contributed by atoms with Crippen LogP contribution in [0.2, 0.25) is 0 Å². The van der Waals surface area contributed by atoms with Crippen LogP contribution in [0, 0.1) is 6.07 Å². The summed E-state index contributed by atoms with van der Waals surface area (Å²) in [4.78, 5) is 15.5. The number of imidazole rings is 1. The van der Waals surface area contributed by atoms with Gasteiger partial charge in [0.25, 0.3) is 0 Å². The van der Waals surface area contributed by atoms with Gasteiger partial charge in [0, 0.05) is 23.0 Å². The zero-order valence-corrected chi connectivity index (χ0v) is 33.7. The van der Waals surface area contributed by atoms with Gasteiger partial charge in [-0.3, -0.25) is 4.57 Å². The van der Waals surface area contributed by atoms with E-state index < -0.39 is 0 Å². The Morgan fingerprint density at radius 1 is 0.655 bits per heavy atom. The van der Waals surface area contributed by atoms with E-state index in [4.69, 9.17) is 15.0 Å². The number of para-hydroxylation sites is 4. The summed E-state index contributed by atoms with van der Waals surface area (Å²) < 4.78 is 4.56. The maximum atomic E-state index is 5.51. The molecule has 0 spiro atoms. The topological polar surface area (TPSA) is 49.7 Å². The van der Waals surface area contributed by atoms with Crippen LogP contribution in [-0.2, 0) is 26.5 Å². The second kappa shape index (κ2) is 13.2. The summed E-state index contributed by atoms with van der Waals surface area (Å²) in [6, 6.07) is 51.1. The fourth-order valence-corrected chi connectivity index (χ4v) is 8.33.